The number of carbonyl (C=O) groups is 2. The molecule has 0 unspecified atom stereocenters. The van der Waals surface area contributed by atoms with Gasteiger partial charge in [-0.05, 0) is 40.9 Å². The monoisotopic (exact) mass is 338 g/mol. The van der Waals surface area contributed by atoms with Crippen molar-refractivity contribution in [3.05, 3.63) is 28.7 Å². The highest BCUT2D eigenvalue weighted by Crippen LogP contribution is 2.21. The molecule has 1 aliphatic rings. The first-order valence-electron chi connectivity index (χ1n) is 6.99. The molecule has 20 heavy (non-hydrogen) atoms. The third-order valence-corrected chi connectivity index (χ3v) is 4.13. The Kier molecular flexibility index (Phi) is 5.59. The van der Waals surface area contributed by atoms with E-state index in [1.165, 1.54) is 6.42 Å². The standard InChI is InChI=1S/C15H19BrN2O2/c16-12-8-4-5-9-13(12)18-15(20)10-14(19)17-11-6-2-1-3-7-11/h4-5,8-9,11H,1-3,6-7,10H2,(H,17,19)(H,18,20). The number of halogens is 1. The van der Waals surface area contributed by atoms with E-state index in [0.717, 1.165) is 30.2 Å². The highest BCUT2D eigenvalue weighted by molar-refractivity contribution is 9.10. The first kappa shape index (κ1) is 15.0. The Morgan fingerprint density at radius 3 is 2.50 bits per heavy atom. The summed E-state index contributed by atoms with van der Waals surface area (Å²) in [7, 11) is 0. The summed E-state index contributed by atoms with van der Waals surface area (Å²) < 4.78 is 0.807. The van der Waals surface area contributed by atoms with Gasteiger partial charge in [0.2, 0.25) is 11.8 Å². The Hall–Kier alpha value is -1.36. The van der Waals surface area contributed by atoms with Gasteiger partial charge in [0, 0.05) is 10.5 Å². The SMILES string of the molecule is O=C(CC(=O)NC1CCCCC1)Nc1ccccc1Br. The van der Waals surface area contributed by atoms with Crippen LogP contribution in [0.25, 0.3) is 0 Å². The lowest BCUT2D eigenvalue weighted by molar-refractivity contribution is -0.127. The Labute approximate surface area is 127 Å². The molecule has 1 fully saturated rings. The third-order valence-electron chi connectivity index (χ3n) is 3.44. The summed E-state index contributed by atoms with van der Waals surface area (Å²) in [5, 5.41) is 5.67. The average molecular weight is 339 g/mol. The van der Waals surface area contributed by atoms with Gasteiger partial charge in [-0.1, -0.05) is 31.4 Å². The quantitative estimate of drug-likeness (QED) is 0.828. The molecule has 0 aliphatic heterocycles. The number of para-hydroxylation sites is 1. The van der Waals surface area contributed by atoms with Gasteiger partial charge in [-0.25, -0.2) is 0 Å². The van der Waals surface area contributed by atoms with Crippen LogP contribution in [-0.2, 0) is 9.59 Å². The average Bonchev–Trinajstić information content (AvgIpc) is 2.42. The summed E-state index contributed by atoms with van der Waals surface area (Å²) in [5.74, 6) is -0.480. The maximum absolute atomic E-state index is 11.8. The Morgan fingerprint density at radius 1 is 1.10 bits per heavy atom. The number of rotatable bonds is 4. The van der Waals surface area contributed by atoms with Crippen LogP contribution >= 0.6 is 15.9 Å². The molecule has 0 heterocycles. The molecule has 2 N–H and O–H groups in total. The van der Waals surface area contributed by atoms with Gasteiger partial charge in [-0.3, -0.25) is 9.59 Å². The fraction of sp³-hybridized carbons (Fsp3) is 0.467. The number of benzene rings is 1. The molecule has 2 amide bonds. The van der Waals surface area contributed by atoms with Crippen LogP contribution in [0.3, 0.4) is 0 Å². The lowest BCUT2D eigenvalue weighted by Gasteiger charge is -2.22. The molecular formula is C15H19BrN2O2. The number of amides is 2. The fourth-order valence-electron chi connectivity index (χ4n) is 2.43. The van der Waals surface area contributed by atoms with Gasteiger partial charge in [0.05, 0.1) is 5.69 Å². The van der Waals surface area contributed by atoms with Crippen LogP contribution in [0, 0.1) is 0 Å². The van der Waals surface area contributed by atoms with E-state index in [1.807, 2.05) is 18.2 Å². The number of hydrogen-bond donors (Lipinski definition) is 2. The van der Waals surface area contributed by atoms with Crippen molar-refractivity contribution in [3.63, 3.8) is 0 Å². The molecule has 5 heteroatoms. The van der Waals surface area contributed by atoms with Gasteiger partial charge < -0.3 is 10.6 Å². The molecular weight excluding hydrogens is 320 g/mol. The predicted molar refractivity (Wildman–Crippen MR) is 82.4 cm³/mol. The molecule has 2 rings (SSSR count). The van der Waals surface area contributed by atoms with Crippen molar-refractivity contribution in [2.45, 2.75) is 44.6 Å². The first-order valence-corrected chi connectivity index (χ1v) is 7.78. The van der Waals surface area contributed by atoms with E-state index >= 15 is 0 Å². The smallest absolute Gasteiger partial charge is 0.233 e. The zero-order chi connectivity index (χ0) is 14.4. The first-order chi connectivity index (χ1) is 9.65. The van der Waals surface area contributed by atoms with Crippen LogP contribution in [-0.4, -0.2) is 17.9 Å². The van der Waals surface area contributed by atoms with Crippen molar-refractivity contribution in [2.75, 3.05) is 5.32 Å². The highest BCUT2D eigenvalue weighted by Gasteiger charge is 2.17. The summed E-state index contributed by atoms with van der Waals surface area (Å²) in [5.41, 5.74) is 0.683. The molecule has 4 nitrogen and oxygen atoms in total. The Morgan fingerprint density at radius 2 is 1.80 bits per heavy atom. The van der Waals surface area contributed by atoms with Gasteiger partial charge in [0.25, 0.3) is 0 Å². The Bertz CT molecular complexity index is 485. The van der Waals surface area contributed by atoms with Crippen LogP contribution in [0.1, 0.15) is 38.5 Å². The molecule has 108 valence electrons. The molecule has 0 atom stereocenters. The van der Waals surface area contributed by atoms with E-state index in [1.54, 1.807) is 6.07 Å². The zero-order valence-corrected chi connectivity index (χ0v) is 12.9. The zero-order valence-electron chi connectivity index (χ0n) is 11.3. The minimum atomic E-state index is -0.287. The molecule has 0 aromatic heterocycles. The summed E-state index contributed by atoms with van der Waals surface area (Å²) in [6.07, 6.45) is 5.49. The predicted octanol–water partition coefficient (Wildman–Crippen LogP) is 3.23. The van der Waals surface area contributed by atoms with Crippen LogP contribution in [0.4, 0.5) is 5.69 Å². The van der Waals surface area contributed by atoms with Crippen molar-refractivity contribution in [1.82, 2.24) is 5.32 Å². The summed E-state index contributed by atoms with van der Waals surface area (Å²) >= 11 is 3.36. The van der Waals surface area contributed by atoms with E-state index < -0.39 is 0 Å². The van der Waals surface area contributed by atoms with Crippen LogP contribution in [0.2, 0.25) is 0 Å². The van der Waals surface area contributed by atoms with Gasteiger partial charge in [-0.15, -0.1) is 0 Å². The van der Waals surface area contributed by atoms with E-state index in [0.29, 0.717) is 5.69 Å². The van der Waals surface area contributed by atoms with E-state index in [-0.39, 0.29) is 24.3 Å². The maximum atomic E-state index is 11.8. The van der Waals surface area contributed by atoms with Gasteiger partial charge >= 0.3 is 0 Å². The molecule has 1 saturated carbocycles. The highest BCUT2D eigenvalue weighted by atomic mass is 79.9. The van der Waals surface area contributed by atoms with Crippen molar-refractivity contribution in [3.8, 4) is 0 Å². The number of hydrogen-bond acceptors (Lipinski definition) is 2. The van der Waals surface area contributed by atoms with Crippen LogP contribution in [0.5, 0.6) is 0 Å². The second kappa shape index (κ2) is 7.43. The molecule has 1 aliphatic carbocycles. The van der Waals surface area contributed by atoms with E-state index in [2.05, 4.69) is 26.6 Å². The van der Waals surface area contributed by atoms with Gasteiger partial charge in [-0.2, -0.15) is 0 Å². The summed E-state index contributed by atoms with van der Waals surface area (Å²) in [6, 6.07) is 7.59. The van der Waals surface area contributed by atoms with Gasteiger partial charge in [0.1, 0.15) is 6.42 Å². The summed E-state index contributed by atoms with van der Waals surface area (Å²) in [4.78, 5) is 23.6. The Balaban J connectivity index is 1.79. The number of anilines is 1. The number of carbonyl (C=O) groups excluding carboxylic acids is 2. The molecule has 0 spiro atoms. The molecule has 0 bridgehead atoms. The van der Waals surface area contributed by atoms with E-state index in [9.17, 15) is 9.59 Å². The van der Waals surface area contributed by atoms with Crippen LogP contribution in [0.15, 0.2) is 28.7 Å². The molecule has 0 radical (unpaired) electrons. The maximum Gasteiger partial charge on any atom is 0.233 e. The molecule has 0 saturated heterocycles. The molecule has 1 aromatic rings. The van der Waals surface area contributed by atoms with Crippen molar-refractivity contribution >= 4 is 33.4 Å². The lowest BCUT2D eigenvalue weighted by Crippen LogP contribution is -2.37. The largest absolute Gasteiger partial charge is 0.353 e. The minimum absolute atomic E-state index is 0.127. The van der Waals surface area contributed by atoms with Crippen LogP contribution < -0.4 is 10.6 Å². The van der Waals surface area contributed by atoms with Crippen molar-refractivity contribution in [1.29, 1.82) is 0 Å². The van der Waals surface area contributed by atoms with Crippen molar-refractivity contribution in [2.24, 2.45) is 0 Å². The third kappa shape index (κ3) is 4.63. The lowest BCUT2D eigenvalue weighted by atomic mass is 9.95. The second-order valence-corrected chi connectivity index (χ2v) is 5.96. The van der Waals surface area contributed by atoms with E-state index in [4.69, 9.17) is 0 Å². The normalized spacial score (nSPS) is 15.7. The van der Waals surface area contributed by atoms with Gasteiger partial charge in [0.15, 0.2) is 0 Å². The summed E-state index contributed by atoms with van der Waals surface area (Å²) in [6.45, 7) is 0. The topological polar surface area (TPSA) is 58.2 Å². The fourth-order valence-corrected chi connectivity index (χ4v) is 2.81. The number of nitrogens with one attached hydrogen (secondary N) is 2. The van der Waals surface area contributed by atoms with Crippen molar-refractivity contribution < 1.29 is 9.59 Å². The minimum Gasteiger partial charge on any atom is -0.353 e. The second-order valence-electron chi connectivity index (χ2n) is 5.11. The molecule has 1 aromatic carbocycles.